The van der Waals surface area contributed by atoms with Crippen molar-refractivity contribution >= 4 is 18.8 Å². The summed E-state index contributed by atoms with van der Waals surface area (Å²) in [6.07, 6.45) is 1.37. The Morgan fingerprint density at radius 3 is 2.81 bits per heavy atom. The summed E-state index contributed by atoms with van der Waals surface area (Å²) in [6, 6.07) is 7.58. The molecule has 2 unspecified atom stereocenters. The molecule has 0 spiro atoms. The number of hydrogen-bond acceptors (Lipinski definition) is 5. The molecule has 5 N–H and O–H groups in total. The van der Waals surface area contributed by atoms with Crippen molar-refractivity contribution in [1.82, 2.24) is 4.90 Å². The lowest BCUT2D eigenvalue weighted by Crippen LogP contribution is -2.30. The van der Waals surface area contributed by atoms with E-state index in [0.29, 0.717) is 31.6 Å². The van der Waals surface area contributed by atoms with Crippen LogP contribution in [0.25, 0.3) is 0 Å². The zero-order valence-electron chi connectivity index (χ0n) is 11.9. The van der Waals surface area contributed by atoms with E-state index in [0.717, 1.165) is 5.56 Å². The van der Waals surface area contributed by atoms with E-state index in [1.165, 1.54) is 0 Å². The van der Waals surface area contributed by atoms with Crippen LogP contribution in [0.4, 0.5) is 5.69 Å². The molecule has 0 bridgehead atoms. The molecule has 0 amide bonds. The smallest absolute Gasteiger partial charge is 0.451 e. The van der Waals surface area contributed by atoms with Crippen molar-refractivity contribution in [2.45, 2.75) is 31.7 Å². The normalized spacial score (nSPS) is 22.4. The molecule has 0 radical (unpaired) electrons. The molecule has 2 atom stereocenters. The van der Waals surface area contributed by atoms with Gasteiger partial charge in [-0.05, 0) is 36.9 Å². The van der Waals surface area contributed by atoms with Crippen LogP contribution in [-0.4, -0.2) is 45.7 Å². The van der Waals surface area contributed by atoms with Gasteiger partial charge in [0, 0.05) is 24.8 Å². The van der Waals surface area contributed by atoms with Crippen LogP contribution >= 0.6 is 0 Å². The molecule has 1 aromatic rings. The van der Waals surface area contributed by atoms with E-state index in [9.17, 15) is 9.90 Å². The second-order valence-electron chi connectivity index (χ2n) is 5.66. The minimum absolute atomic E-state index is 0.0503. The lowest BCUT2D eigenvalue weighted by Gasteiger charge is -2.24. The first-order valence-corrected chi connectivity index (χ1v) is 7.13. The molecule has 0 saturated carbocycles. The van der Waals surface area contributed by atoms with Crippen molar-refractivity contribution in [3.63, 3.8) is 0 Å². The first kappa shape index (κ1) is 15.8. The highest BCUT2D eigenvalue weighted by atomic mass is 16.4. The standard InChI is InChI=1S/C14H21BN2O4/c16-12-3-1-2-10(6-12)8-17-9-11(14(18)19)7-13(17)4-5-15(20)21/h1-3,6,11,13,20-21H,4-5,7-9,16H2,(H,18,19). The van der Waals surface area contributed by atoms with Gasteiger partial charge in [-0.3, -0.25) is 9.69 Å². The number of hydrogen-bond donors (Lipinski definition) is 4. The molecule has 0 aliphatic carbocycles. The Balaban J connectivity index is 2.04. The number of likely N-dealkylation sites (tertiary alicyclic amines) is 1. The number of anilines is 1. The van der Waals surface area contributed by atoms with Gasteiger partial charge in [0.25, 0.3) is 0 Å². The predicted octanol–water partition coefficient (Wildman–Crippen LogP) is 0.407. The monoisotopic (exact) mass is 292 g/mol. The Bertz CT molecular complexity index is 498. The molecular formula is C14H21BN2O4. The van der Waals surface area contributed by atoms with E-state index in [-0.39, 0.29) is 12.4 Å². The number of carboxylic acids is 1. The van der Waals surface area contributed by atoms with Crippen molar-refractivity contribution in [1.29, 1.82) is 0 Å². The maximum absolute atomic E-state index is 11.2. The SMILES string of the molecule is Nc1cccc(CN2CC(C(=O)O)CC2CCB(O)O)c1. The van der Waals surface area contributed by atoms with E-state index in [2.05, 4.69) is 4.90 Å². The molecule has 114 valence electrons. The zero-order chi connectivity index (χ0) is 15.4. The number of nitrogens with two attached hydrogens (primary N) is 1. The maximum atomic E-state index is 11.2. The third kappa shape index (κ3) is 4.45. The number of rotatable bonds is 6. The number of nitrogens with zero attached hydrogens (tertiary/aromatic N) is 1. The molecule has 0 aromatic heterocycles. The van der Waals surface area contributed by atoms with Crippen LogP contribution in [0.15, 0.2) is 24.3 Å². The highest BCUT2D eigenvalue weighted by Gasteiger charge is 2.36. The molecule has 1 aliphatic rings. The first-order valence-electron chi connectivity index (χ1n) is 7.13. The minimum Gasteiger partial charge on any atom is -0.481 e. The fraction of sp³-hybridized carbons (Fsp3) is 0.500. The number of carbonyl (C=O) groups is 1. The second-order valence-corrected chi connectivity index (χ2v) is 5.66. The lowest BCUT2D eigenvalue weighted by atomic mass is 9.82. The molecule has 1 aliphatic heterocycles. The fourth-order valence-electron chi connectivity index (χ4n) is 2.92. The fourth-order valence-corrected chi connectivity index (χ4v) is 2.92. The van der Waals surface area contributed by atoms with Gasteiger partial charge in [-0.1, -0.05) is 12.1 Å². The van der Waals surface area contributed by atoms with Crippen LogP contribution in [0.2, 0.25) is 6.32 Å². The van der Waals surface area contributed by atoms with E-state index in [4.69, 9.17) is 15.8 Å². The van der Waals surface area contributed by atoms with Gasteiger partial charge in [-0.25, -0.2) is 0 Å². The summed E-state index contributed by atoms with van der Waals surface area (Å²) in [4.78, 5) is 13.3. The number of nitrogen functional groups attached to an aromatic ring is 1. The Morgan fingerprint density at radius 2 is 2.19 bits per heavy atom. The van der Waals surface area contributed by atoms with Gasteiger partial charge in [0.05, 0.1) is 5.92 Å². The molecule has 1 heterocycles. The average Bonchev–Trinajstić information content (AvgIpc) is 2.80. The summed E-state index contributed by atoms with van der Waals surface area (Å²) >= 11 is 0. The van der Waals surface area contributed by atoms with Crippen LogP contribution in [0, 0.1) is 5.92 Å². The Labute approximate surface area is 124 Å². The van der Waals surface area contributed by atoms with E-state index in [1.807, 2.05) is 24.3 Å². The molecule has 7 heteroatoms. The molecular weight excluding hydrogens is 271 g/mol. The summed E-state index contributed by atoms with van der Waals surface area (Å²) in [5.74, 6) is -1.19. The van der Waals surface area contributed by atoms with Crippen molar-refractivity contribution in [3.8, 4) is 0 Å². The van der Waals surface area contributed by atoms with Gasteiger partial charge in [0.15, 0.2) is 0 Å². The number of benzene rings is 1. The zero-order valence-corrected chi connectivity index (χ0v) is 11.9. The Hall–Kier alpha value is -1.57. The molecule has 2 rings (SSSR count). The first-order chi connectivity index (χ1) is 9.95. The van der Waals surface area contributed by atoms with Gasteiger partial charge in [0.1, 0.15) is 0 Å². The number of carboxylic acid groups (broad SMARTS) is 1. The quantitative estimate of drug-likeness (QED) is 0.447. The molecule has 1 saturated heterocycles. The molecule has 6 nitrogen and oxygen atoms in total. The van der Waals surface area contributed by atoms with Crippen LogP contribution in [0.5, 0.6) is 0 Å². The average molecular weight is 292 g/mol. The van der Waals surface area contributed by atoms with E-state index < -0.39 is 19.0 Å². The highest BCUT2D eigenvalue weighted by molar-refractivity contribution is 6.40. The van der Waals surface area contributed by atoms with Crippen molar-refractivity contribution in [2.24, 2.45) is 5.92 Å². The third-order valence-electron chi connectivity index (χ3n) is 3.97. The summed E-state index contributed by atoms with van der Waals surface area (Å²) in [5.41, 5.74) is 7.48. The number of aliphatic carboxylic acids is 1. The van der Waals surface area contributed by atoms with Gasteiger partial charge in [-0.15, -0.1) is 0 Å². The van der Waals surface area contributed by atoms with E-state index >= 15 is 0 Å². The summed E-state index contributed by atoms with van der Waals surface area (Å²) in [6.45, 7) is 1.11. The van der Waals surface area contributed by atoms with Gasteiger partial charge < -0.3 is 20.9 Å². The predicted molar refractivity (Wildman–Crippen MR) is 80.4 cm³/mol. The summed E-state index contributed by atoms with van der Waals surface area (Å²) in [5, 5.41) is 27.2. The minimum atomic E-state index is -1.34. The summed E-state index contributed by atoms with van der Waals surface area (Å²) in [7, 11) is -1.34. The molecule has 1 aromatic carbocycles. The van der Waals surface area contributed by atoms with Gasteiger partial charge >= 0.3 is 13.1 Å². The lowest BCUT2D eigenvalue weighted by molar-refractivity contribution is -0.141. The molecule has 1 fully saturated rings. The Kier molecular flexibility index (Phi) is 5.22. The van der Waals surface area contributed by atoms with Crippen molar-refractivity contribution < 1.29 is 19.9 Å². The van der Waals surface area contributed by atoms with Crippen LogP contribution < -0.4 is 5.73 Å². The largest absolute Gasteiger partial charge is 0.481 e. The Morgan fingerprint density at radius 1 is 1.43 bits per heavy atom. The van der Waals surface area contributed by atoms with Crippen molar-refractivity contribution in [2.75, 3.05) is 12.3 Å². The highest BCUT2D eigenvalue weighted by Crippen LogP contribution is 2.29. The summed E-state index contributed by atoms with van der Waals surface area (Å²) < 4.78 is 0. The third-order valence-corrected chi connectivity index (χ3v) is 3.97. The van der Waals surface area contributed by atoms with Crippen LogP contribution in [-0.2, 0) is 11.3 Å². The van der Waals surface area contributed by atoms with Gasteiger partial charge in [-0.2, -0.15) is 0 Å². The van der Waals surface area contributed by atoms with Crippen molar-refractivity contribution in [3.05, 3.63) is 29.8 Å². The van der Waals surface area contributed by atoms with Gasteiger partial charge in [0.2, 0.25) is 0 Å². The van der Waals surface area contributed by atoms with E-state index in [1.54, 1.807) is 0 Å². The topological polar surface area (TPSA) is 107 Å². The molecule has 21 heavy (non-hydrogen) atoms. The van der Waals surface area contributed by atoms with Crippen LogP contribution in [0.1, 0.15) is 18.4 Å². The second kappa shape index (κ2) is 6.93. The van der Waals surface area contributed by atoms with Crippen LogP contribution in [0.3, 0.4) is 0 Å². The maximum Gasteiger partial charge on any atom is 0.451 e.